The van der Waals surface area contributed by atoms with Gasteiger partial charge in [-0.1, -0.05) is 0 Å². The number of halogens is 3. The first-order valence-electron chi connectivity index (χ1n) is 5.90. The lowest BCUT2D eigenvalue weighted by Crippen LogP contribution is -2.22. The summed E-state index contributed by atoms with van der Waals surface area (Å²) in [6.07, 6.45) is -0.193. The summed E-state index contributed by atoms with van der Waals surface area (Å²) in [6.45, 7) is 1.13. The number of nitrogens with two attached hydrogens (primary N) is 1. The van der Waals surface area contributed by atoms with Gasteiger partial charge in [0.2, 0.25) is 0 Å². The summed E-state index contributed by atoms with van der Waals surface area (Å²) in [5.74, 6) is 4.15. The molecule has 0 spiro atoms. The number of nitrogen functional groups attached to an aromatic ring is 1. The fourth-order valence-corrected chi connectivity index (χ4v) is 1.43. The summed E-state index contributed by atoms with van der Waals surface area (Å²) in [4.78, 5) is 11.6. The van der Waals surface area contributed by atoms with Crippen molar-refractivity contribution >= 4 is 5.82 Å². The molecule has 2 aromatic heterocycles. The van der Waals surface area contributed by atoms with Crippen molar-refractivity contribution in [3.63, 3.8) is 0 Å². The van der Waals surface area contributed by atoms with Gasteiger partial charge in [-0.3, -0.25) is 4.98 Å². The number of nitrogens with zero attached hydrogens (tertiary/aromatic N) is 3. The van der Waals surface area contributed by atoms with Crippen LogP contribution in [-0.2, 0) is 0 Å². The van der Waals surface area contributed by atoms with Crippen molar-refractivity contribution < 1.29 is 17.9 Å². The maximum Gasteiger partial charge on any atom is 0.274 e. The number of alkyl halides is 2. The number of hydrogen-bond acceptors (Lipinski definition) is 6. The van der Waals surface area contributed by atoms with E-state index in [0.29, 0.717) is 17.1 Å². The Labute approximate surface area is 118 Å². The van der Waals surface area contributed by atoms with E-state index in [1.165, 1.54) is 18.6 Å². The van der Waals surface area contributed by atoms with Crippen LogP contribution in [0.15, 0.2) is 24.7 Å². The zero-order chi connectivity index (χ0) is 15.4. The van der Waals surface area contributed by atoms with Crippen LogP contribution in [0.4, 0.5) is 19.0 Å². The fraction of sp³-hybridized carbons (Fsp3) is 0.250. The highest BCUT2D eigenvalue weighted by molar-refractivity contribution is 5.58. The average Bonchev–Trinajstić information content (AvgIpc) is 2.49. The Kier molecular flexibility index (Phi) is 4.53. The Balaban J connectivity index is 2.21. The normalized spacial score (nSPS) is 12.3. The van der Waals surface area contributed by atoms with Crippen molar-refractivity contribution in [2.24, 2.45) is 5.84 Å². The van der Waals surface area contributed by atoms with Crippen LogP contribution in [0.2, 0.25) is 0 Å². The van der Waals surface area contributed by atoms with Crippen molar-refractivity contribution in [3.05, 3.63) is 30.5 Å². The van der Waals surface area contributed by atoms with Gasteiger partial charge in [-0.15, -0.1) is 0 Å². The molecule has 0 bridgehead atoms. The number of hydrazine groups is 1. The molecule has 2 aromatic rings. The number of aromatic nitrogens is 3. The molecular formula is C12H12F3N5O. The van der Waals surface area contributed by atoms with Crippen molar-refractivity contribution in [1.82, 2.24) is 15.0 Å². The smallest absolute Gasteiger partial charge is 0.274 e. The van der Waals surface area contributed by atoms with Crippen LogP contribution in [0.1, 0.15) is 6.92 Å². The molecule has 3 N–H and O–H groups in total. The molecule has 0 aliphatic rings. The molecule has 1 atom stereocenters. The fourth-order valence-electron chi connectivity index (χ4n) is 1.43. The zero-order valence-corrected chi connectivity index (χ0v) is 10.9. The Morgan fingerprint density at radius 2 is 1.95 bits per heavy atom. The quantitative estimate of drug-likeness (QED) is 0.648. The van der Waals surface area contributed by atoms with E-state index in [1.54, 1.807) is 0 Å². The molecule has 1 unspecified atom stereocenters. The number of anilines is 1. The standard InChI is InChI=1S/C12H12F3N5O/c1-6(11(14)15)21-12-8(13)2-7(3-19-12)9-4-18-10(20-16)5-17-9/h2-6,11H,16H2,1H3,(H,18,20). The third-order valence-electron chi connectivity index (χ3n) is 2.56. The third kappa shape index (κ3) is 3.57. The number of nitrogens with one attached hydrogen (secondary N) is 1. The van der Waals surface area contributed by atoms with Crippen LogP contribution < -0.4 is 16.0 Å². The molecule has 2 rings (SSSR count). The highest BCUT2D eigenvalue weighted by Gasteiger charge is 2.19. The van der Waals surface area contributed by atoms with E-state index in [4.69, 9.17) is 10.6 Å². The summed E-state index contributed by atoms with van der Waals surface area (Å²) < 4.78 is 43.2. The second-order valence-corrected chi connectivity index (χ2v) is 4.10. The molecule has 0 aliphatic heterocycles. The first-order valence-corrected chi connectivity index (χ1v) is 5.90. The highest BCUT2D eigenvalue weighted by atomic mass is 19.3. The minimum absolute atomic E-state index is 0.334. The van der Waals surface area contributed by atoms with E-state index < -0.39 is 24.2 Å². The molecule has 6 nitrogen and oxygen atoms in total. The van der Waals surface area contributed by atoms with E-state index in [2.05, 4.69) is 20.4 Å². The van der Waals surface area contributed by atoms with Crippen molar-refractivity contribution in [3.8, 4) is 17.1 Å². The van der Waals surface area contributed by atoms with Gasteiger partial charge in [0.05, 0.1) is 18.1 Å². The van der Waals surface area contributed by atoms with Gasteiger partial charge in [-0.2, -0.15) is 0 Å². The number of rotatable bonds is 5. The van der Waals surface area contributed by atoms with Gasteiger partial charge in [0, 0.05) is 11.8 Å². The minimum atomic E-state index is -2.73. The number of hydrogen-bond donors (Lipinski definition) is 2. The third-order valence-corrected chi connectivity index (χ3v) is 2.56. The van der Waals surface area contributed by atoms with Crippen LogP contribution >= 0.6 is 0 Å². The van der Waals surface area contributed by atoms with E-state index >= 15 is 0 Å². The molecular weight excluding hydrogens is 287 g/mol. The largest absolute Gasteiger partial charge is 0.466 e. The maximum atomic E-state index is 13.8. The van der Waals surface area contributed by atoms with Gasteiger partial charge in [0.15, 0.2) is 17.7 Å². The predicted octanol–water partition coefficient (Wildman–Crippen LogP) is 2.00. The molecule has 0 aromatic carbocycles. The molecule has 0 saturated carbocycles. The van der Waals surface area contributed by atoms with E-state index in [-0.39, 0.29) is 0 Å². The summed E-state index contributed by atoms with van der Waals surface area (Å²) in [6, 6.07) is 1.08. The van der Waals surface area contributed by atoms with E-state index in [1.807, 2.05) is 0 Å². The summed E-state index contributed by atoms with van der Waals surface area (Å²) in [5, 5.41) is 0. The molecule has 0 fully saturated rings. The molecule has 2 heterocycles. The van der Waals surface area contributed by atoms with Crippen LogP contribution in [-0.4, -0.2) is 27.5 Å². The van der Waals surface area contributed by atoms with Gasteiger partial charge in [0.1, 0.15) is 0 Å². The second kappa shape index (κ2) is 6.35. The maximum absolute atomic E-state index is 13.8. The molecule has 0 amide bonds. The van der Waals surface area contributed by atoms with Crippen molar-refractivity contribution in [2.75, 3.05) is 5.43 Å². The number of ether oxygens (including phenoxy) is 1. The van der Waals surface area contributed by atoms with E-state index in [0.717, 1.165) is 13.0 Å². The Morgan fingerprint density at radius 1 is 1.19 bits per heavy atom. The minimum Gasteiger partial charge on any atom is -0.466 e. The molecule has 112 valence electrons. The van der Waals surface area contributed by atoms with Crippen LogP contribution in [0.5, 0.6) is 5.88 Å². The first kappa shape index (κ1) is 15.0. The summed E-state index contributed by atoms with van der Waals surface area (Å²) in [7, 11) is 0. The monoisotopic (exact) mass is 299 g/mol. The molecule has 21 heavy (non-hydrogen) atoms. The summed E-state index contributed by atoms with van der Waals surface area (Å²) in [5.41, 5.74) is 2.99. The highest BCUT2D eigenvalue weighted by Crippen LogP contribution is 2.23. The van der Waals surface area contributed by atoms with Gasteiger partial charge < -0.3 is 10.2 Å². The number of pyridine rings is 1. The van der Waals surface area contributed by atoms with Gasteiger partial charge in [-0.25, -0.2) is 29.0 Å². The molecule has 0 saturated heterocycles. The van der Waals surface area contributed by atoms with Crippen LogP contribution in [0, 0.1) is 5.82 Å². The zero-order valence-electron chi connectivity index (χ0n) is 10.9. The van der Waals surface area contributed by atoms with Gasteiger partial charge in [0.25, 0.3) is 12.3 Å². The lowest BCUT2D eigenvalue weighted by Gasteiger charge is -2.13. The topological polar surface area (TPSA) is 86.0 Å². The van der Waals surface area contributed by atoms with Crippen LogP contribution in [0.3, 0.4) is 0 Å². The lowest BCUT2D eigenvalue weighted by molar-refractivity contribution is 0.0180. The van der Waals surface area contributed by atoms with Crippen LogP contribution in [0.25, 0.3) is 11.3 Å². The predicted molar refractivity (Wildman–Crippen MR) is 69.1 cm³/mol. The summed E-state index contributed by atoms with van der Waals surface area (Å²) >= 11 is 0. The van der Waals surface area contributed by atoms with Crippen molar-refractivity contribution in [1.29, 1.82) is 0 Å². The lowest BCUT2D eigenvalue weighted by atomic mass is 10.2. The Bertz CT molecular complexity index is 608. The van der Waals surface area contributed by atoms with Gasteiger partial charge >= 0.3 is 0 Å². The molecule has 0 aliphatic carbocycles. The van der Waals surface area contributed by atoms with Gasteiger partial charge in [-0.05, 0) is 13.0 Å². The Hall–Kier alpha value is -2.42. The average molecular weight is 299 g/mol. The first-order chi connectivity index (χ1) is 10.0. The van der Waals surface area contributed by atoms with Crippen molar-refractivity contribution in [2.45, 2.75) is 19.5 Å². The SMILES string of the molecule is CC(Oc1ncc(-c2cnc(NN)cn2)cc1F)C(F)F. The molecule has 0 radical (unpaired) electrons. The second-order valence-electron chi connectivity index (χ2n) is 4.10. The Morgan fingerprint density at radius 3 is 2.48 bits per heavy atom. The van der Waals surface area contributed by atoms with E-state index in [9.17, 15) is 13.2 Å². The molecule has 9 heteroatoms.